The average Bonchev–Trinajstić information content (AvgIpc) is 2.12. The predicted octanol–water partition coefficient (Wildman–Crippen LogP) is 1.42. The van der Waals surface area contributed by atoms with Crippen LogP contribution in [-0.4, -0.2) is 26.8 Å². The summed E-state index contributed by atoms with van der Waals surface area (Å²) in [5, 5.41) is 34.9. The Morgan fingerprint density at radius 1 is 0.846 bits per heavy atom. The van der Waals surface area contributed by atoms with E-state index < -0.39 is 23.0 Å². The number of hydrogen-bond acceptors (Lipinski definition) is 4. The fourth-order valence-corrected chi connectivity index (χ4v) is 0.558. The van der Waals surface area contributed by atoms with Crippen molar-refractivity contribution in [1.82, 2.24) is 0 Å². The van der Waals surface area contributed by atoms with Crippen LogP contribution in [0.3, 0.4) is 0 Å². The van der Waals surface area contributed by atoms with Gasteiger partial charge < -0.3 is 20.4 Å². The van der Waals surface area contributed by atoms with Crippen molar-refractivity contribution in [2.75, 3.05) is 6.38 Å². The van der Waals surface area contributed by atoms with E-state index in [4.69, 9.17) is 20.4 Å². The number of phenolic OH excluding ortho intramolecular Hbond substituents is 4. The third kappa shape index (κ3) is 3.57. The zero-order valence-corrected chi connectivity index (χ0v) is 9.20. The highest BCUT2D eigenvalue weighted by Gasteiger charge is 2.08. The molecule has 0 aliphatic rings. The van der Waals surface area contributed by atoms with E-state index in [-0.39, 0.29) is 9.90 Å². The van der Waals surface area contributed by atoms with E-state index in [2.05, 4.69) is 11.6 Å². The molecule has 0 radical (unpaired) electrons. The molecule has 1 aromatic rings. The van der Waals surface area contributed by atoms with Crippen LogP contribution in [-0.2, 0) is 0 Å². The van der Waals surface area contributed by atoms with Crippen molar-refractivity contribution in [2.24, 2.45) is 0 Å². The molecule has 1 atom stereocenters. The Bertz CT molecular complexity index is 240. The Labute approximate surface area is 84.0 Å². The molecule has 0 aromatic heterocycles. The summed E-state index contributed by atoms with van der Waals surface area (Å²) in [6, 6.07) is 2.15. The van der Waals surface area contributed by atoms with Gasteiger partial charge in [0.05, 0.1) is 0 Å². The summed E-state index contributed by atoms with van der Waals surface area (Å²) in [6.07, 6.45) is 1.47. The van der Waals surface area contributed by atoms with Gasteiger partial charge in [-0.05, 0) is 12.1 Å². The summed E-state index contributed by atoms with van der Waals surface area (Å²) in [5.41, 5.74) is 0. The van der Waals surface area contributed by atoms with Gasteiger partial charge in [0.2, 0.25) is 11.5 Å². The van der Waals surface area contributed by atoms with Crippen molar-refractivity contribution in [3.05, 3.63) is 12.1 Å². The molecule has 0 saturated carbocycles. The SMILES string of the molecule is CCl.Oc1ccc(O)c(O)c1O.P. The first-order valence-corrected chi connectivity index (χ1v) is 3.69. The normalized spacial score (nSPS) is 7.85. The molecule has 1 unspecified atom stereocenters. The topological polar surface area (TPSA) is 80.9 Å². The van der Waals surface area contributed by atoms with Gasteiger partial charge in [0.1, 0.15) is 0 Å². The number of aromatic hydroxyl groups is 4. The summed E-state index contributed by atoms with van der Waals surface area (Å²) in [6.45, 7) is 0. The lowest BCUT2D eigenvalue weighted by atomic mass is 10.3. The molecule has 0 saturated heterocycles. The van der Waals surface area contributed by atoms with Crippen LogP contribution < -0.4 is 0 Å². The molecule has 0 aliphatic carbocycles. The zero-order chi connectivity index (χ0) is 9.72. The van der Waals surface area contributed by atoms with Crippen molar-refractivity contribution in [3.8, 4) is 23.0 Å². The lowest BCUT2D eigenvalue weighted by molar-refractivity contribution is 0.346. The maximum atomic E-state index is 8.73. The van der Waals surface area contributed by atoms with Gasteiger partial charge in [0.15, 0.2) is 11.5 Å². The van der Waals surface area contributed by atoms with E-state index in [1.807, 2.05) is 0 Å². The van der Waals surface area contributed by atoms with Crippen molar-refractivity contribution >= 4 is 21.5 Å². The fraction of sp³-hybridized carbons (Fsp3) is 0.143. The summed E-state index contributed by atoms with van der Waals surface area (Å²) >= 11 is 4.64. The lowest BCUT2D eigenvalue weighted by Gasteiger charge is -2.00. The highest BCUT2D eigenvalue weighted by Crippen LogP contribution is 2.40. The highest BCUT2D eigenvalue weighted by atomic mass is 35.5. The molecule has 0 heterocycles. The maximum absolute atomic E-state index is 8.73. The molecule has 0 amide bonds. The lowest BCUT2D eigenvalue weighted by Crippen LogP contribution is -1.71. The molecule has 6 heteroatoms. The summed E-state index contributed by atoms with van der Waals surface area (Å²) in [7, 11) is 0. The molecule has 0 aliphatic heterocycles. The molecule has 1 rings (SSSR count). The number of phenols is 4. The number of alkyl halides is 1. The fourth-order valence-electron chi connectivity index (χ4n) is 0.558. The first-order chi connectivity index (χ1) is 5.63. The van der Waals surface area contributed by atoms with Crippen molar-refractivity contribution in [3.63, 3.8) is 0 Å². The molecule has 13 heavy (non-hydrogen) atoms. The standard InChI is InChI=1S/C6H6O4.CH3Cl.H3P/c7-3-1-2-4(8)6(10)5(3)9;1-2;/h1-2,7-10H;1H3;1H3. The van der Waals surface area contributed by atoms with Gasteiger partial charge in [0, 0.05) is 6.38 Å². The van der Waals surface area contributed by atoms with Gasteiger partial charge in [-0.3, -0.25) is 0 Å². The molecule has 76 valence electrons. The number of hydrogen-bond donors (Lipinski definition) is 4. The third-order valence-electron chi connectivity index (χ3n) is 1.11. The summed E-state index contributed by atoms with van der Waals surface area (Å²) in [5.74, 6) is -2.34. The largest absolute Gasteiger partial charge is 0.504 e. The van der Waals surface area contributed by atoms with Crippen LogP contribution in [0.4, 0.5) is 0 Å². The molecular weight excluding hydrogens is 214 g/mol. The molecule has 1 aromatic carbocycles. The second-order valence-electron chi connectivity index (χ2n) is 1.80. The Morgan fingerprint density at radius 2 is 1.08 bits per heavy atom. The van der Waals surface area contributed by atoms with E-state index >= 15 is 0 Å². The van der Waals surface area contributed by atoms with Gasteiger partial charge in [-0.1, -0.05) is 0 Å². The number of halogens is 1. The second kappa shape index (κ2) is 6.63. The van der Waals surface area contributed by atoms with E-state index in [0.717, 1.165) is 12.1 Å². The smallest absolute Gasteiger partial charge is 0.204 e. The second-order valence-corrected chi connectivity index (χ2v) is 1.80. The summed E-state index contributed by atoms with van der Waals surface area (Å²) < 4.78 is 0. The Kier molecular flexibility index (Phi) is 7.48. The number of rotatable bonds is 0. The van der Waals surface area contributed by atoms with Crippen LogP contribution in [0.15, 0.2) is 12.1 Å². The monoisotopic (exact) mass is 226 g/mol. The summed E-state index contributed by atoms with van der Waals surface area (Å²) in [4.78, 5) is 0. The minimum absolute atomic E-state index is 0. The first-order valence-electron chi connectivity index (χ1n) is 2.93. The van der Waals surface area contributed by atoms with E-state index in [9.17, 15) is 0 Å². The molecule has 4 N–H and O–H groups in total. The van der Waals surface area contributed by atoms with Crippen LogP contribution in [0.1, 0.15) is 0 Å². The Hall–Kier alpha value is -0.860. The van der Waals surface area contributed by atoms with Crippen LogP contribution >= 0.6 is 21.5 Å². The van der Waals surface area contributed by atoms with Crippen LogP contribution in [0, 0.1) is 0 Å². The van der Waals surface area contributed by atoms with Gasteiger partial charge in [-0.2, -0.15) is 9.90 Å². The van der Waals surface area contributed by atoms with Crippen LogP contribution in [0.2, 0.25) is 0 Å². The molecular formula is C7H12ClO4P. The predicted molar refractivity (Wildman–Crippen MR) is 56.0 cm³/mol. The van der Waals surface area contributed by atoms with Gasteiger partial charge in [-0.15, -0.1) is 11.6 Å². The van der Waals surface area contributed by atoms with Crippen LogP contribution in [0.25, 0.3) is 0 Å². The average molecular weight is 227 g/mol. The molecule has 0 spiro atoms. The zero-order valence-electron chi connectivity index (χ0n) is 7.03. The first kappa shape index (κ1) is 14.7. The van der Waals surface area contributed by atoms with Crippen molar-refractivity contribution < 1.29 is 20.4 Å². The Balaban J connectivity index is 0. The number of benzene rings is 1. The van der Waals surface area contributed by atoms with E-state index in [1.54, 1.807) is 0 Å². The quantitative estimate of drug-likeness (QED) is 0.233. The van der Waals surface area contributed by atoms with E-state index in [1.165, 1.54) is 6.38 Å². The van der Waals surface area contributed by atoms with Crippen molar-refractivity contribution in [1.29, 1.82) is 0 Å². The third-order valence-corrected chi connectivity index (χ3v) is 1.11. The maximum Gasteiger partial charge on any atom is 0.204 e. The minimum Gasteiger partial charge on any atom is -0.504 e. The molecule has 4 nitrogen and oxygen atoms in total. The molecule has 0 bridgehead atoms. The van der Waals surface area contributed by atoms with Crippen molar-refractivity contribution in [2.45, 2.75) is 0 Å². The van der Waals surface area contributed by atoms with Crippen LogP contribution in [0.5, 0.6) is 23.0 Å². The Morgan fingerprint density at radius 3 is 1.31 bits per heavy atom. The molecule has 0 fully saturated rings. The van der Waals surface area contributed by atoms with Gasteiger partial charge in [0.25, 0.3) is 0 Å². The van der Waals surface area contributed by atoms with Gasteiger partial charge >= 0.3 is 0 Å². The minimum atomic E-state index is -0.708. The highest BCUT2D eigenvalue weighted by molar-refractivity contribution is 6.92. The van der Waals surface area contributed by atoms with E-state index in [0.29, 0.717) is 0 Å². The van der Waals surface area contributed by atoms with Gasteiger partial charge in [-0.25, -0.2) is 0 Å².